The molecule has 0 radical (unpaired) electrons. The smallest absolute Gasteiger partial charge is 0.254 e. The van der Waals surface area contributed by atoms with Gasteiger partial charge < -0.3 is 9.32 Å². The molecular weight excluding hydrogens is 417 g/mol. The maximum atomic E-state index is 13.5. The normalized spacial score (nSPS) is 14.4. The zero-order valence-electron chi connectivity index (χ0n) is 18.2. The Hall–Kier alpha value is -3.77. The topological polar surface area (TPSA) is 49.6 Å². The molecule has 0 atom stereocenters. The van der Waals surface area contributed by atoms with Crippen molar-refractivity contribution in [3.8, 4) is 22.6 Å². The molecule has 2 heterocycles. The van der Waals surface area contributed by atoms with E-state index in [-0.39, 0.29) is 5.91 Å². The molecule has 1 fully saturated rings. The van der Waals surface area contributed by atoms with Crippen molar-refractivity contribution in [2.45, 2.75) is 6.54 Å². The van der Waals surface area contributed by atoms with Crippen molar-refractivity contribution >= 4 is 5.91 Å². The van der Waals surface area contributed by atoms with E-state index in [9.17, 15) is 9.18 Å². The largest absolute Gasteiger partial charge is 0.439 e. The number of rotatable bonds is 5. The van der Waals surface area contributed by atoms with Gasteiger partial charge in [-0.25, -0.2) is 9.37 Å². The molecule has 1 aromatic heterocycles. The van der Waals surface area contributed by atoms with Crippen LogP contribution in [0.5, 0.6) is 0 Å². The molecule has 5 nitrogen and oxygen atoms in total. The molecule has 6 heteroatoms. The standard InChI is InChI=1S/C27H24FN3O2/c28-23-13-7-12-22(18-23)27(32)31-16-14-30(15-17-31)19-24-29-25(20-8-3-1-4-9-20)26(33-24)21-10-5-2-6-11-21/h1-13,18H,14-17,19H2. The van der Waals surface area contributed by atoms with E-state index < -0.39 is 5.82 Å². The highest BCUT2D eigenvalue weighted by atomic mass is 19.1. The van der Waals surface area contributed by atoms with Gasteiger partial charge in [0, 0.05) is 42.9 Å². The van der Waals surface area contributed by atoms with Crippen LogP contribution in [0.2, 0.25) is 0 Å². The van der Waals surface area contributed by atoms with Gasteiger partial charge in [-0.1, -0.05) is 66.7 Å². The summed E-state index contributed by atoms with van der Waals surface area (Å²) in [6.45, 7) is 3.12. The second-order valence-corrected chi connectivity index (χ2v) is 8.10. The second-order valence-electron chi connectivity index (χ2n) is 8.10. The van der Waals surface area contributed by atoms with Crippen LogP contribution in [0.3, 0.4) is 0 Å². The van der Waals surface area contributed by atoms with Crippen molar-refractivity contribution in [1.29, 1.82) is 0 Å². The highest BCUT2D eigenvalue weighted by Gasteiger charge is 2.24. The third kappa shape index (κ3) is 4.71. The zero-order chi connectivity index (χ0) is 22.6. The fourth-order valence-corrected chi connectivity index (χ4v) is 4.11. The minimum atomic E-state index is -0.396. The number of hydrogen-bond acceptors (Lipinski definition) is 4. The lowest BCUT2D eigenvalue weighted by Crippen LogP contribution is -2.48. The Labute approximate surface area is 192 Å². The van der Waals surface area contributed by atoms with Gasteiger partial charge in [0.15, 0.2) is 5.76 Å². The van der Waals surface area contributed by atoms with E-state index in [2.05, 4.69) is 4.90 Å². The Balaban J connectivity index is 1.30. The Morgan fingerprint density at radius 2 is 1.52 bits per heavy atom. The Morgan fingerprint density at radius 1 is 0.848 bits per heavy atom. The van der Waals surface area contributed by atoms with E-state index in [0.717, 1.165) is 22.6 Å². The van der Waals surface area contributed by atoms with Crippen molar-refractivity contribution in [2.24, 2.45) is 0 Å². The Bertz CT molecular complexity index is 1180. The number of halogens is 1. The molecule has 1 saturated heterocycles. The molecule has 0 saturated carbocycles. The van der Waals surface area contributed by atoms with E-state index in [0.29, 0.717) is 44.2 Å². The number of benzene rings is 3. The summed E-state index contributed by atoms with van der Waals surface area (Å²) in [5, 5.41) is 0. The van der Waals surface area contributed by atoms with Crippen LogP contribution in [0.25, 0.3) is 22.6 Å². The van der Waals surface area contributed by atoms with Crippen molar-refractivity contribution in [3.63, 3.8) is 0 Å². The number of amides is 1. The summed E-state index contributed by atoms with van der Waals surface area (Å²) >= 11 is 0. The minimum absolute atomic E-state index is 0.136. The van der Waals surface area contributed by atoms with Gasteiger partial charge in [0.2, 0.25) is 5.89 Å². The maximum absolute atomic E-state index is 13.5. The third-order valence-corrected chi connectivity index (χ3v) is 5.84. The van der Waals surface area contributed by atoms with Gasteiger partial charge in [0.1, 0.15) is 11.5 Å². The van der Waals surface area contributed by atoms with Gasteiger partial charge in [-0.2, -0.15) is 0 Å². The average molecular weight is 442 g/mol. The summed E-state index contributed by atoms with van der Waals surface area (Å²) in [4.78, 5) is 21.5. The minimum Gasteiger partial charge on any atom is -0.439 e. The van der Waals surface area contributed by atoms with Gasteiger partial charge in [-0.05, 0) is 18.2 Å². The Morgan fingerprint density at radius 3 is 2.18 bits per heavy atom. The summed E-state index contributed by atoms with van der Waals surface area (Å²) in [6, 6.07) is 25.9. The van der Waals surface area contributed by atoms with Gasteiger partial charge in [0.05, 0.1) is 6.54 Å². The van der Waals surface area contributed by atoms with E-state index in [1.165, 1.54) is 12.1 Å². The first-order valence-electron chi connectivity index (χ1n) is 11.0. The molecule has 1 aliphatic rings. The van der Waals surface area contributed by atoms with Crippen LogP contribution in [-0.4, -0.2) is 46.9 Å². The lowest BCUT2D eigenvalue weighted by molar-refractivity contribution is 0.0618. The van der Waals surface area contributed by atoms with Crippen LogP contribution in [0.4, 0.5) is 4.39 Å². The molecule has 5 rings (SSSR count). The molecule has 0 N–H and O–H groups in total. The fraction of sp³-hybridized carbons (Fsp3) is 0.185. The molecule has 1 aliphatic heterocycles. The highest BCUT2D eigenvalue weighted by Crippen LogP contribution is 2.33. The van der Waals surface area contributed by atoms with E-state index >= 15 is 0 Å². The number of carbonyl (C=O) groups excluding carboxylic acids is 1. The second kappa shape index (κ2) is 9.38. The van der Waals surface area contributed by atoms with Crippen LogP contribution < -0.4 is 0 Å². The van der Waals surface area contributed by atoms with Crippen LogP contribution in [0, 0.1) is 5.82 Å². The number of nitrogens with zero attached hydrogens (tertiary/aromatic N) is 3. The Kier molecular flexibility index (Phi) is 6.00. The predicted molar refractivity (Wildman–Crippen MR) is 125 cm³/mol. The molecule has 33 heavy (non-hydrogen) atoms. The van der Waals surface area contributed by atoms with Gasteiger partial charge in [-0.3, -0.25) is 9.69 Å². The lowest BCUT2D eigenvalue weighted by Gasteiger charge is -2.34. The monoisotopic (exact) mass is 441 g/mol. The van der Waals surface area contributed by atoms with Crippen LogP contribution in [0.15, 0.2) is 89.3 Å². The van der Waals surface area contributed by atoms with E-state index in [4.69, 9.17) is 9.40 Å². The number of aromatic nitrogens is 1. The average Bonchev–Trinajstić information content (AvgIpc) is 3.29. The zero-order valence-corrected chi connectivity index (χ0v) is 18.2. The quantitative estimate of drug-likeness (QED) is 0.432. The number of oxazole rings is 1. The third-order valence-electron chi connectivity index (χ3n) is 5.84. The molecule has 3 aromatic carbocycles. The van der Waals surface area contributed by atoms with E-state index in [1.807, 2.05) is 60.7 Å². The van der Waals surface area contributed by atoms with Crippen LogP contribution in [-0.2, 0) is 6.54 Å². The first-order valence-corrected chi connectivity index (χ1v) is 11.0. The van der Waals surface area contributed by atoms with Crippen molar-refractivity contribution in [1.82, 2.24) is 14.8 Å². The predicted octanol–water partition coefficient (Wildman–Crippen LogP) is 5.11. The SMILES string of the molecule is O=C(c1cccc(F)c1)N1CCN(Cc2nc(-c3ccccc3)c(-c3ccccc3)o2)CC1. The van der Waals surface area contributed by atoms with Crippen molar-refractivity contribution in [2.75, 3.05) is 26.2 Å². The molecule has 0 unspecified atom stereocenters. The molecule has 166 valence electrons. The molecule has 0 aliphatic carbocycles. The number of hydrogen-bond donors (Lipinski definition) is 0. The van der Waals surface area contributed by atoms with Crippen molar-refractivity contribution < 1.29 is 13.6 Å². The number of piperazine rings is 1. The van der Waals surface area contributed by atoms with Gasteiger partial charge in [-0.15, -0.1) is 0 Å². The summed E-state index contributed by atoms with van der Waals surface area (Å²) in [6.07, 6.45) is 0. The number of carbonyl (C=O) groups is 1. The first kappa shape index (κ1) is 21.1. The molecule has 4 aromatic rings. The lowest BCUT2D eigenvalue weighted by atomic mass is 10.1. The molecule has 0 bridgehead atoms. The molecule has 0 spiro atoms. The maximum Gasteiger partial charge on any atom is 0.254 e. The van der Waals surface area contributed by atoms with Crippen LogP contribution in [0.1, 0.15) is 16.2 Å². The van der Waals surface area contributed by atoms with Gasteiger partial charge >= 0.3 is 0 Å². The van der Waals surface area contributed by atoms with Crippen LogP contribution >= 0.6 is 0 Å². The summed E-state index contributed by atoms with van der Waals surface area (Å²) < 4.78 is 19.7. The van der Waals surface area contributed by atoms with E-state index in [1.54, 1.807) is 17.0 Å². The summed E-state index contributed by atoms with van der Waals surface area (Å²) in [7, 11) is 0. The first-order chi connectivity index (χ1) is 16.2. The highest BCUT2D eigenvalue weighted by molar-refractivity contribution is 5.94. The summed E-state index contributed by atoms with van der Waals surface area (Å²) in [5.41, 5.74) is 3.21. The van der Waals surface area contributed by atoms with Gasteiger partial charge in [0.25, 0.3) is 5.91 Å². The molecule has 1 amide bonds. The summed E-state index contributed by atoms with van der Waals surface area (Å²) in [5.74, 6) is 0.879. The molecular formula is C27H24FN3O2. The van der Waals surface area contributed by atoms with Crippen molar-refractivity contribution in [3.05, 3.63) is 102 Å². The fourth-order valence-electron chi connectivity index (χ4n) is 4.11.